The Hall–Kier alpha value is -1.88. The number of anilines is 2. The van der Waals surface area contributed by atoms with Crippen LogP contribution in [0.15, 0.2) is 29.6 Å². The van der Waals surface area contributed by atoms with E-state index in [0.29, 0.717) is 26.5 Å². The standard InChI is InChI=1S/C26H30Cl2N4O3S2/c27-18-15-22(36-16-18)23-25(32-10-8-31(9-11-32)19-4-2-1-3-5-19)37-26(29-23)30-24(34)17-6-7-21(20(28)14-17)35-13-12-33/h6-7,14-16,19,33H,1-5,8-13H2,(H,29,30,34). The van der Waals surface area contributed by atoms with E-state index in [4.69, 9.17) is 38.0 Å². The molecule has 198 valence electrons. The molecule has 1 amide bonds. The number of ether oxygens (including phenoxy) is 1. The first kappa shape index (κ1) is 26.7. The largest absolute Gasteiger partial charge is 0.490 e. The minimum atomic E-state index is -0.297. The van der Waals surface area contributed by atoms with E-state index in [0.717, 1.165) is 47.8 Å². The van der Waals surface area contributed by atoms with Crippen molar-refractivity contribution in [2.24, 2.45) is 0 Å². The smallest absolute Gasteiger partial charge is 0.257 e. The molecule has 37 heavy (non-hydrogen) atoms. The van der Waals surface area contributed by atoms with Crippen LogP contribution < -0.4 is 15.0 Å². The molecule has 2 fully saturated rings. The van der Waals surface area contributed by atoms with E-state index in [1.165, 1.54) is 43.4 Å². The van der Waals surface area contributed by atoms with E-state index < -0.39 is 0 Å². The summed E-state index contributed by atoms with van der Waals surface area (Å²) in [4.78, 5) is 23.9. The highest BCUT2D eigenvalue weighted by atomic mass is 35.5. The number of hydrogen-bond acceptors (Lipinski definition) is 8. The Morgan fingerprint density at radius 1 is 1.14 bits per heavy atom. The fraction of sp³-hybridized carbons (Fsp3) is 0.462. The van der Waals surface area contributed by atoms with Crippen LogP contribution in [0.3, 0.4) is 0 Å². The average molecular weight is 582 g/mol. The minimum absolute atomic E-state index is 0.113. The summed E-state index contributed by atoms with van der Waals surface area (Å²) in [6, 6.07) is 7.48. The molecule has 7 nitrogen and oxygen atoms in total. The van der Waals surface area contributed by atoms with Crippen LogP contribution in [-0.2, 0) is 0 Å². The topological polar surface area (TPSA) is 77.9 Å². The van der Waals surface area contributed by atoms with E-state index in [1.807, 2.05) is 11.4 Å². The van der Waals surface area contributed by atoms with Gasteiger partial charge in [-0.1, -0.05) is 53.8 Å². The molecule has 0 bridgehead atoms. The number of hydrogen-bond donors (Lipinski definition) is 2. The molecule has 2 N–H and O–H groups in total. The second-order valence-electron chi connectivity index (χ2n) is 9.29. The van der Waals surface area contributed by atoms with Crippen molar-refractivity contribution in [3.8, 4) is 16.3 Å². The van der Waals surface area contributed by atoms with Crippen LogP contribution in [0.4, 0.5) is 10.1 Å². The van der Waals surface area contributed by atoms with Gasteiger partial charge >= 0.3 is 0 Å². The molecule has 0 spiro atoms. The van der Waals surface area contributed by atoms with Crippen LogP contribution >= 0.6 is 45.9 Å². The normalized spacial score (nSPS) is 17.2. The quantitative estimate of drug-likeness (QED) is 0.327. The fourth-order valence-electron chi connectivity index (χ4n) is 5.00. The van der Waals surface area contributed by atoms with Crippen molar-refractivity contribution >= 4 is 61.9 Å². The number of nitrogens with one attached hydrogen (secondary N) is 1. The molecule has 2 aromatic heterocycles. The summed E-state index contributed by atoms with van der Waals surface area (Å²) in [5.74, 6) is 0.127. The number of thiophene rings is 1. The summed E-state index contributed by atoms with van der Waals surface area (Å²) in [6.07, 6.45) is 6.68. The maximum Gasteiger partial charge on any atom is 0.257 e. The number of thiazole rings is 1. The first-order chi connectivity index (χ1) is 18.0. The van der Waals surface area contributed by atoms with Crippen LogP contribution in [-0.4, -0.2) is 66.3 Å². The van der Waals surface area contributed by atoms with Gasteiger partial charge in [0.25, 0.3) is 5.91 Å². The monoisotopic (exact) mass is 580 g/mol. The minimum Gasteiger partial charge on any atom is -0.490 e. The van der Waals surface area contributed by atoms with Gasteiger partial charge < -0.3 is 14.7 Å². The molecule has 0 unspecified atom stereocenters. The highest BCUT2D eigenvalue weighted by molar-refractivity contribution is 7.21. The summed E-state index contributed by atoms with van der Waals surface area (Å²) in [6.45, 7) is 3.97. The molecule has 11 heteroatoms. The molecule has 3 aromatic rings. The number of rotatable bonds is 8. The number of piperazine rings is 1. The van der Waals surface area contributed by atoms with Crippen molar-refractivity contribution < 1.29 is 14.6 Å². The molecule has 2 aliphatic rings. The Balaban J connectivity index is 1.32. The highest BCUT2D eigenvalue weighted by Crippen LogP contribution is 2.42. The lowest BCUT2D eigenvalue weighted by atomic mass is 9.94. The van der Waals surface area contributed by atoms with Gasteiger partial charge in [-0.25, -0.2) is 4.98 Å². The number of aliphatic hydroxyl groups excluding tert-OH is 1. The Labute approximate surface area is 235 Å². The zero-order chi connectivity index (χ0) is 25.8. The summed E-state index contributed by atoms with van der Waals surface area (Å²) in [7, 11) is 0. The predicted molar refractivity (Wildman–Crippen MR) is 153 cm³/mol. The number of halogens is 2. The lowest BCUT2D eigenvalue weighted by Gasteiger charge is -2.41. The highest BCUT2D eigenvalue weighted by Gasteiger charge is 2.28. The zero-order valence-electron chi connectivity index (χ0n) is 20.4. The number of aromatic nitrogens is 1. The first-order valence-electron chi connectivity index (χ1n) is 12.6. The van der Waals surface area contributed by atoms with Gasteiger partial charge in [0.1, 0.15) is 23.1 Å². The molecule has 1 saturated heterocycles. The van der Waals surface area contributed by atoms with Gasteiger partial charge in [0, 0.05) is 43.2 Å². The zero-order valence-corrected chi connectivity index (χ0v) is 23.6. The Kier molecular flexibility index (Phi) is 8.89. The molecule has 5 rings (SSSR count). The second-order valence-corrected chi connectivity index (χ2v) is 12.0. The second kappa shape index (κ2) is 12.3. The third-order valence-electron chi connectivity index (χ3n) is 6.87. The van der Waals surface area contributed by atoms with E-state index in [1.54, 1.807) is 29.5 Å². The summed E-state index contributed by atoms with van der Waals surface area (Å²) >= 11 is 15.6. The van der Waals surface area contributed by atoms with Crippen molar-refractivity contribution in [3.05, 3.63) is 45.3 Å². The first-order valence-corrected chi connectivity index (χ1v) is 15.1. The van der Waals surface area contributed by atoms with Crippen molar-refractivity contribution in [1.82, 2.24) is 9.88 Å². The summed E-state index contributed by atoms with van der Waals surface area (Å²) < 4.78 is 5.38. The fourth-order valence-corrected chi connectivity index (χ4v) is 7.39. The van der Waals surface area contributed by atoms with Gasteiger partial charge in [0.2, 0.25) is 0 Å². The van der Waals surface area contributed by atoms with Gasteiger partial charge in [-0.05, 0) is 37.1 Å². The van der Waals surface area contributed by atoms with E-state index >= 15 is 0 Å². The average Bonchev–Trinajstić information content (AvgIpc) is 3.54. The molecule has 3 heterocycles. The van der Waals surface area contributed by atoms with Crippen LogP contribution in [0.25, 0.3) is 10.6 Å². The van der Waals surface area contributed by atoms with Crippen molar-refractivity contribution in [3.63, 3.8) is 0 Å². The molecule has 1 aliphatic heterocycles. The third kappa shape index (κ3) is 6.41. The lowest BCUT2D eigenvalue weighted by Crippen LogP contribution is -2.50. The van der Waals surface area contributed by atoms with Crippen LogP contribution in [0.5, 0.6) is 5.75 Å². The Morgan fingerprint density at radius 2 is 1.92 bits per heavy atom. The van der Waals surface area contributed by atoms with Crippen molar-refractivity contribution in [2.75, 3.05) is 49.6 Å². The van der Waals surface area contributed by atoms with Crippen LogP contribution in [0.1, 0.15) is 42.5 Å². The number of amides is 1. The maximum atomic E-state index is 13.0. The number of carbonyl (C=O) groups excluding carboxylic acids is 1. The van der Waals surface area contributed by atoms with Crippen molar-refractivity contribution in [1.29, 1.82) is 0 Å². The third-order valence-corrected chi connectivity index (χ3v) is 9.48. The van der Waals surface area contributed by atoms with Gasteiger partial charge in [-0.3, -0.25) is 15.0 Å². The van der Waals surface area contributed by atoms with Crippen molar-refractivity contribution in [2.45, 2.75) is 38.1 Å². The summed E-state index contributed by atoms with van der Waals surface area (Å²) in [5, 5.41) is 16.4. The molecule has 1 saturated carbocycles. The molecule has 1 aromatic carbocycles. The van der Waals surface area contributed by atoms with Crippen LogP contribution in [0.2, 0.25) is 10.0 Å². The number of aliphatic hydroxyl groups is 1. The van der Waals surface area contributed by atoms with Gasteiger partial charge in [-0.15, -0.1) is 11.3 Å². The molecule has 1 aliphatic carbocycles. The Morgan fingerprint density at radius 3 is 2.59 bits per heavy atom. The van der Waals surface area contributed by atoms with Crippen LogP contribution in [0, 0.1) is 0 Å². The summed E-state index contributed by atoms with van der Waals surface area (Å²) in [5.41, 5.74) is 1.26. The maximum absolute atomic E-state index is 13.0. The van der Waals surface area contributed by atoms with E-state index in [2.05, 4.69) is 15.1 Å². The van der Waals surface area contributed by atoms with Gasteiger partial charge in [0.15, 0.2) is 5.13 Å². The predicted octanol–water partition coefficient (Wildman–Crippen LogP) is 6.26. The number of carbonyl (C=O) groups is 1. The molecule has 0 atom stereocenters. The van der Waals surface area contributed by atoms with E-state index in [9.17, 15) is 4.79 Å². The number of benzene rings is 1. The Bertz CT molecular complexity index is 1220. The van der Waals surface area contributed by atoms with E-state index in [-0.39, 0.29) is 19.1 Å². The number of nitrogens with zero attached hydrogens (tertiary/aromatic N) is 3. The molecular formula is C26H30Cl2N4O3S2. The van der Waals surface area contributed by atoms with Gasteiger partial charge in [-0.2, -0.15) is 0 Å². The molecule has 0 radical (unpaired) electrons. The molecular weight excluding hydrogens is 551 g/mol. The van der Waals surface area contributed by atoms with Gasteiger partial charge in [0.05, 0.1) is 21.5 Å². The SMILES string of the molecule is O=C(Nc1nc(-c2cc(Cl)cs2)c(N2CCN(C3CCCCC3)CC2)s1)c1ccc(OCCO)c(Cl)c1. The lowest BCUT2D eigenvalue weighted by molar-refractivity contribution is 0.102.